The van der Waals surface area contributed by atoms with Crippen LogP contribution < -0.4 is 86.0 Å². The second-order valence-corrected chi connectivity index (χ2v) is 43.9. The van der Waals surface area contributed by atoms with Crippen LogP contribution in [-0.2, 0) is 81.4 Å². The Balaban J connectivity index is 0.000000764. The molecular weight excluding hydrogens is 2000 g/mol. The number of carbonyl (C=O) groups excluding carboxylic acids is 14. The SMILES string of the molecule is CC(CSCC(=O)OCC(=O)[C@@]1(O)CC[C@H]2[C@@H]3CCC4=CC(=O)CC[C@]4(C)[C@H]3[C@@H](O)C[C@@]21C)C(=O)C[C@H](CCCN=C(N)N)C(=O)C[C@H](CCCN=C(N)N)C(=O)C[C@H](CCCN=C(N)N)C(=O)C[C@H](CCCN=C(N)N)C(=O)C[C@H](CCCN=C(N)N)C(=O)C[C@H](CCCN=C(N)N)C(=O)C[C@H](CCCN=C(N)N)C(N)=O.C[C@]12CCC(=O)C=C1CC[C@@H]1[C@@H]2[C@@H](O)C[C@@]2(C)[C@H]1CC[C@]2(O)C(=O)COC(=O)CCl.O=C(O)C(F)(F)F. The van der Waals surface area contributed by atoms with Crippen molar-refractivity contribution in [3.05, 3.63) is 23.3 Å². The number of carboxylic acids is 1. The van der Waals surface area contributed by atoms with E-state index in [9.17, 15) is 86.3 Å². The number of carbonyl (C=O) groups is 15. The van der Waals surface area contributed by atoms with Crippen LogP contribution in [0.4, 0.5) is 13.2 Å². The molecule has 44 nitrogen and oxygen atoms in total. The van der Waals surface area contributed by atoms with E-state index in [1.807, 2.05) is 13.8 Å². The molecule has 1 amide bonds. The van der Waals surface area contributed by atoms with E-state index >= 15 is 14.4 Å². The number of carboxylic acid groups (broad SMARTS) is 1. The number of aliphatic hydroxyl groups excluding tert-OH is 2. The molecule has 0 spiro atoms. The quantitative estimate of drug-likeness (QED) is 0.0137. The van der Waals surface area contributed by atoms with Crippen LogP contribution in [0.25, 0.3) is 0 Å². The van der Waals surface area contributed by atoms with E-state index in [2.05, 4.69) is 48.8 Å². The summed E-state index contributed by atoms with van der Waals surface area (Å²) in [5.74, 6) is -18.7. The topological polar surface area (TPSA) is 852 Å². The number of nitrogens with two attached hydrogens (primary N) is 15. The van der Waals surface area contributed by atoms with Gasteiger partial charge in [0.1, 0.15) is 57.6 Å². The van der Waals surface area contributed by atoms with Gasteiger partial charge in [-0.05, 0) is 225 Å². The molecule has 0 radical (unpaired) electrons. The number of fused-ring (bicyclic) bond motifs is 10. The summed E-state index contributed by atoms with van der Waals surface area (Å²) in [7, 11) is 0. The first kappa shape index (κ1) is 128. The highest BCUT2D eigenvalue weighted by Crippen LogP contribution is 2.70. The molecule has 6 fully saturated rings. The van der Waals surface area contributed by atoms with E-state index < -0.39 is 190 Å². The van der Waals surface area contributed by atoms with Gasteiger partial charge in [-0.2, -0.15) is 13.2 Å². The van der Waals surface area contributed by atoms with Crippen molar-refractivity contribution in [2.24, 2.45) is 225 Å². The molecule has 0 saturated heterocycles. The molecule has 0 aromatic rings. The van der Waals surface area contributed by atoms with Gasteiger partial charge in [0.2, 0.25) is 17.5 Å². The molecule has 8 aliphatic carbocycles. The predicted octanol–water partition coefficient (Wildman–Crippen LogP) is 2.79. The van der Waals surface area contributed by atoms with Gasteiger partial charge in [-0.25, -0.2) is 4.79 Å². The third kappa shape index (κ3) is 36.3. The van der Waals surface area contributed by atoms with E-state index in [0.29, 0.717) is 57.8 Å². The van der Waals surface area contributed by atoms with Crippen molar-refractivity contribution in [2.75, 3.05) is 76.4 Å². The fraction of sp³-hybridized carbons (Fsp3) is 0.743. The van der Waals surface area contributed by atoms with Crippen LogP contribution in [0.2, 0.25) is 0 Å². The third-order valence-electron chi connectivity index (χ3n) is 32.5. The summed E-state index contributed by atoms with van der Waals surface area (Å²) in [6.07, 6.45) is 4.20. The second kappa shape index (κ2) is 58.7. The number of alkyl halides is 4. The Labute approximate surface area is 882 Å². The van der Waals surface area contributed by atoms with Crippen molar-refractivity contribution in [3.63, 3.8) is 0 Å². The Kier molecular flexibility index (Phi) is 49.9. The monoisotopic (exact) mass is 2160 g/mol. The molecule has 0 aromatic carbocycles. The largest absolute Gasteiger partial charge is 0.490 e. The van der Waals surface area contributed by atoms with Gasteiger partial charge in [0, 0.05) is 168 Å². The summed E-state index contributed by atoms with van der Waals surface area (Å²) >= 11 is 6.51. The van der Waals surface area contributed by atoms with Crippen molar-refractivity contribution in [1.29, 1.82) is 0 Å². The summed E-state index contributed by atoms with van der Waals surface area (Å²) in [6, 6.07) is 0. The fourth-order valence-corrected chi connectivity index (χ4v) is 25.6. The molecule has 0 bridgehead atoms. The Hall–Kier alpha value is -11.1. The maximum Gasteiger partial charge on any atom is 0.490 e. The van der Waals surface area contributed by atoms with Gasteiger partial charge in [-0.15, -0.1) is 23.4 Å². The number of rotatable bonds is 61. The van der Waals surface area contributed by atoms with Crippen LogP contribution in [0.15, 0.2) is 58.2 Å². The van der Waals surface area contributed by atoms with Gasteiger partial charge in [-0.3, -0.25) is 102 Å². The van der Waals surface area contributed by atoms with Crippen LogP contribution in [0, 0.1) is 105 Å². The Morgan fingerprint density at radius 2 is 0.673 bits per heavy atom. The van der Waals surface area contributed by atoms with E-state index in [4.69, 9.17) is 117 Å². The van der Waals surface area contributed by atoms with Crippen LogP contribution in [-0.4, -0.2) is 261 Å². The van der Waals surface area contributed by atoms with Crippen molar-refractivity contribution in [3.8, 4) is 0 Å². The number of aliphatic imine (C=N–C) groups is 7. The molecular formula is C101H162ClF3N22O22S. The lowest BCUT2D eigenvalue weighted by Gasteiger charge is -2.60. The summed E-state index contributed by atoms with van der Waals surface area (Å²) in [6.45, 7) is 9.12. The number of hydrogen-bond donors (Lipinski definition) is 20. The molecule has 0 aromatic heterocycles. The van der Waals surface area contributed by atoms with Gasteiger partial charge in [0.15, 0.2) is 66.5 Å². The minimum Gasteiger partial charge on any atom is -0.475 e. The first-order valence-corrected chi connectivity index (χ1v) is 53.4. The normalized spacial score (nSPS) is 26.3. The molecule has 1 unspecified atom stereocenters. The lowest BCUT2D eigenvalue weighted by Crippen LogP contribution is -2.62. The van der Waals surface area contributed by atoms with Crippen LogP contribution in [0.5, 0.6) is 0 Å². The second-order valence-electron chi connectivity index (χ2n) is 42.6. The lowest BCUT2D eigenvalue weighted by atomic mass is 9.45. The number of nitrogens with zero attached hydrogens (tertiary/aromatic N) is 7. The molecule has 8 rings (SSSR count). The molecule has 0 aliphatic heterocycles. The molecule has 0 heterocycles. The molecule has 35 N–H and O–H groups in total. The number of halogens is 4. The summed E-state index contributed by atoms with van der Waals surface area (Å²) in [5, 5.41) is 54.1. The highest BCUT2D eigenvalue weighted by Gasteiger charge is 2.71. The Bertz CT molecular complexity index is 5040. The number of esters is 2. The summed E-state index contributed by atoms with van der Waals surface area (Å²) in [4.78, 5) is 229. The van der Waals surface area contributed by atoms with Crippen LogP contribution in [0.3, 0.4) is 0 Å². The minimum atomic E-state index is -5.08. The van der Waals surface area contributed by atoms with Crippen molar-refractivity contribution >= 4 is 153 Å². The van der Waals surface area contributed by atoms with E-state index in [-0.39, 0.29) is 291 Å². The number of ketones is 11. The number of thioether (sulfide) groups is 1. The highest BCUT2D eigenvalue weighted by molar-refractivity contribution is 7.99. The first-order valence-electron chi connectivity index (χ1n) is 51.7. The standard InChI is InChI=1S/C76H130N22O14S.C23H31ClO6.C2HF3O2/c1-43(41-113-42-64(109)112-40-63(108)76(111)23-21-54-53-19-18-51-38-52(99)20-22-74(51,2)65(53)62(107)39-75(54,76)3)55(100)31-44(11-4-24-92-67(78)79)56(101)32-45(12-5-25-93-68(80)81)57(102)33-46(13-6-26-94-69(82)83)58(103)34-47(14-7-27-95-70(84)85)59(104)35-48(15-8-28-96-71(86)87)60(105)36-49(16-9-29-97-72(88)89)61(106)37-50(66(77)110)17-10-30-98-73(90)91;1-21-7-5-14(25)9-13(21)3-4-15-16-6-8-23(29,18(27)12-30-19(28)11-24)22(16,2)10-17(26)20(15)21;3-2(4,5)1(6)7/h38,43-50,53-54,62,65,107,111H,4-37,39-42H2,1-3H3,(H2,77,110)(H4,78,79,92)(H4,80,81,93)(H4,82,83,94)(H4,84,85,95)(H4,86,87,96)(H4,88,89,97)(H4,90,91,98);9,15-17,20,26,29H,3-8,10-12H2,1-2H3;(H,6,7)/t43?,44-,45-,46-,47-,48-,49-,50-,53-,54-,62-,65+,74-,75-,76-;15-,16-,17-,20+,21-,22-,23-;/m00./s1. The number of aliphatic carboxylic acids is 1. The zero-order valence-corrected chi connectivity index (χ0v) is 88.6. The maximum atomic E-state index is 15.1. The minimum absolute atomic E-state index is 0.0154. The molecule has 6 saturated carbocycles. The van der Waals surface area contributed by atoms with Gasteiger partial charge in [-0.1, -0.05) is 45.8 Å². The van der Waals surface area contributed by atoms with Gasteiger partial charge in [0.05, 0.1) is 18.0 Å². The molecule has 8 aliphatic rings. The first-order chi connectivity index (χ1) is 70.2. The van der Waals surface area contributed by atoms with Crippen molar-refractivity contribution in [1.82, 2.24) is 0 Å². The van der Waals surface area contributed by atoms with E-state index in [1.54, 1.807) is 19.1 Å². The average molecular weight is 2160 g/mol. The number of primary amides is 1. The van der Waals surface area contributed by atoms with E-state index in [1.165, 1.54) is 0 Å². The zero-order chi connectivity index (χ0) is 112. The summed E-state index contributed by atoms with van der Waals surface area (Å²) in [5.41, 5.74) is 80.9. The maximum absolute atomic E-state index is 15.1. The lowest BCUT2D eigenvalue weighted by molar-refractivity contribution is -0.192. The molecule has 150 heavy (non-hydrogen) atoms. The molecule has 49 heteroatoms. The zero-order valence-electron chi connectivity index (χ0n) is 87.0. The van der Waals surface area contributed by atoms with Crippen LogP contribution >= 0.6 is 23.4 Å². The number of ether oxygens (including phenoxy) is 2. The fourth-order valence-electron chi connectivity index (χ4n) is 24.7. The smallest absolute Gasteiger partial charge is 0.475 e. The van der Waals surface area contributed by atoms with Crippen LogP contribution in [0.1, 0.15) is 259 Å². The Morgan fingerprint density at radius 3 is 0.933 bits per heavy atom. The van der Waals surface area contributed by atoms with E-state index in [0.717, 1.165) is 48.6 Å². The number of guanidine groups is 7. The number of amides is 1. The molecule has 22 atom stereocenters. The summed E-state index contributed by atoms with van der Waals surface area (Å²) < 4.78 is 42.1. The number of Topliss-reactive ketones (excluding diaryl/α,β-unsaturated/α-hetero) is 9. The van der Waals surface area contributed by atoms with Gasteiger partial charge < -0.3 is 121 Å². The van der Waals surface area contributed by atoms with Crippen molar-refractivity contribution in [2.45, 2.75) is 289 Å². The number of hydrogen-bond acceptors (Lipinski definition) is 29. The number of aliphatic hydroxyl groups is 4. The average Bonchev–Trinajstić information content (AvgIpc) is 1.51. The predicted molar refractivity (Wildman–Crippen MR) is 559 cm³/mol. The van der Waals surface area contributed by atoms with Gasteiger partial charge in [0.25, 0.3) is 0 Å². The number of allylic oxidation sites excluding steroid dienone is 2. The highest BCUT2D eigenvalue weighted by atomic mass is 35.5. The van der Waals surface area contributed by atoms with Gasteiger partial charge >= 0.3 is 24.1 Å². The third-order valence-corrected chi connectivity index (χ3v) is 33.9. The Morgan fingerprint density at radius 1 is 0.413 bits per heavy atom. The van der Waals surface area contributed by atoms with Crippen molar-refractivity contribution < 1.29 is 120 Å². The molecule has 842 valence electrons.